The van der Waals surface area contributed by atoms with E-state index >= 15 is 0 Å². The number of non-ortho nitro benzene ring substituents is 1. The van der Waals surface area contributed by atoms with E-state index in [0.717, 1.165) is 43.7 Å². The molecular formula is C28H30N4O3. The van der Waals surface area contributed by atoms with Gasteiger partial charge in [0.15, 0.2) is 5.88 Å². The number of nitro groups is 1. The molecule has 0 fully saturated rings. The third kappa shape index (κ3) is 5.58. The molecule has 1 aromatic heterocycles. The van der Waals surface area contributed by atoms with Gasteiger partial charge in [-0.2, -0.15) is 0 Å². The van der Waals surface area contributed by atoms with Crippen LogP contribution >= 0.6 is 0 Å². The molecule has 0 aliphatic heterocycles. The Kier molecular flexibility index (Phi) is 7.57. The summed E-state index contributed by atoms with van der Waals surface area (Å²) in [6.45, 7) is 7.42. The van der Waals surface area contributed by atoms with Crippen LogP contribution in [-0.2, 0) is 6.54 Å². The number of fused-ring (bicyclic) bond motifs is 1. The van der Waals surface area contributed by atoms with Crippen molar-refractivity contribution in [1.82, 2.24) is 9.88 Å². The van der Waals surface area contributed by atoms with Crippen LogP contribution in [0.2, 0.25) is 0 Å². The number of aromatic hydroxyl groups is 1. The zero-order chi connectivity index (χ0) is 24.8. The van der Waals surface area contributed by atoms with E-state index in [1.54, 1.807) is 6.07 Å². The first-order valence-corrected chi connectivity index (χ1v) is 11.9. The predicted molar refractivity (Wildman–Crippen MR) is 141 cm³/mol. The molecule has 4 aromatic rings. The number of hydrogen-bond acceptors (Lipinski definition) is 5. The van der Waals surface area contributed by atoms with Crippen molar-refractivity contribution < 1.29 is 10.0 Å². The zero-order valence-electron chi connectivity index (χ0n) is 20.1. The molecule has 0 aliphatic carbocycles. The number of nitro benzene ring substituents is 1. The Morgan fingerprint density at radius 3 is 2.31 bits per heavy atom. The van der Waals surface area contributed by atoms with E-state index in [1.165, 1.54) is 17.7 Å². The van der Waals surface area contributed by atoms with Crippen LogP contribution in [0.4, 0.5) is 11.4 Å². The van der Waals surface area contributed by atoms with E-state index in [-0.39, 0.29) is 11.6 Å². The summed E-state index contributed by atoms with van der Waals surface area (Å²) in [5.41, 5.74) is 4.31. The number of aromatic nitrogens is 1. The molecule has 0 amide bonds. The van der Waals surface area contributed by atoms with Gasteiger partial charge in [0, 0.05) is 35.1 Å². The van der Waals surface area contributed by atoms with Crippen LogP contribution in [0, 0.1) is 10.1 Å². The van der Waals surface area contributed by atoms with Crippen LogP contribution in [0.1, 0.15) is 43.4 Å². The highest BCUT2D eigenvalue weighted by Gasteiger charge is 2.21. The van der Waals surface area contributed by atoms with Gasteiger partial charge in [-0.25, -0.2) is 4.99 Å². The molecule has 7 nitrogen and oxygen atoms in total. The highest BCUT2D eigenvalue weighted by Crippen LogP contribution is 2.33. The number of aliphatic imine (C=N–C) groups is 1. The fourth-order valence-corrected chi connectivity index (χ4v) is 4.35. The summed E-state index contributed by atoms with van der Waals surface area (Å²) in [4.78, 5) is 21.2. The summed E-state index contributed by atoms with van der Waals surface area (Å²) >= 11 is 0. The molecule has 0 atom stereocenters. The number of hydrogen-bond donors (Lipinski definition) is 2. The SMILES string of the molecule is CCCN(CCC)Cc1ccc(N=C(c2ccccc2)c2c(O)[nH]c3ccc([N+](=O)[O-])cc23)cc1. The highest BCUT2D eigenvalue weighted by molar-refractivity contribution is 6.22. The molecule has 7 heteroatoms. The predicted octanol–water partition coefficient (Wildman–Crippen LogP) is 6.57. The minimum atomic E-state index is -0.439. The second-order valence-corrected chi connectivity index (χ2v) is 8.60. The average molecular weight is 471 g/mol. The van der Waals surface area contributed by atoms with Gasteiger partial charge < -0.3 is 10.1 Å². The minimum absolute atomic E-state index is 0.0433. The molecule has 0 unspecified atom stereocenters. The summed E-state index contributed by atoms with van der Waals surface area (Å²) in [5.74, 6) is -0.0745. The minimum Gasteiger partial charge on any atom is -0.494 e. The molecule has 0 bridgehead atoms. The maximum atomic E-state index is 11.4. The van der Waals surface area contributed by atoms with E-state index in [9.17, 15) is 15.2 Å². The topological polar surface area (TPSA) is 94.8 Å². The first kappa shape index (κ1) is 24.2. The molecule has 0 aliphatic rings. The first-order valence-electron chi connectivity index (χ1n) is 11.9. The van der Waals surface area contributed by atoms with Gasteiger partial charge in [0.05, 0.1) is 21.9 Å². The smallest absolute Gasteiger partial charge is 0.270 e. The quantitative estimate of drug-likeness (QED) is 0.156. The number of aromatic amines is 1. The lowest BCUT2D eigenvalue weighted by molar-refractivity contribution is -0.384. The molecule has 1 heterocycles. The molecule has 35 heavy (non-hydrogen) atoms. The number of nitrogens with zero attached hydrogens (tertiary/aromatic N) is 3. The van der Waals surface area contributed by atoms with Gasteiger partial charge in [-0.3, -0.25) is 15.0 Å². The van der Waals surface area contributed by atoms with Gasteiger partial charge in [-0.15, -0.1) is 0 Å². The molecule has 0 radical (unpaired) electrons. The van der Waals surface area contributed by atoms with E-state index in [4.69, 9.17) is 4.99 Å². The third-order valence-corrected chi connectivity index (χ3v) is 5.92. The van der Waals surface area contributed by atoms with Crippen molar-refractivity contribution in [3.05, 3.63) is 99.6 Å². The zero-order valence-corrected chi connectivity index (χ0v) is 20.1. The normalized spacial score (nSPS) is 11.9. The second kappa shape index (κ2) is 11.0. The van der Waals surface area contributed by atoms with Gasteiger partial charge in [0.25, 0.3) is 5.69 Å². The summed E-state index contributed by atoms with van der Waals surface area (Å²) in [5, 5.41) is 22.7. The van der Waals surface area contributed by atoms with E-state index < -0.39 is 4.92 Å². The van der Waals surface area contributed by atoms with Gasteiger partial charge in [-0.1, -0.05) is 56.3 Å². The van der Waals surface area contributed by atoms with E-state index in [2.05, 4.69) is 35.9 Å². The summed E-state index contributed by atoms with van der Waals surface area (Å²) in [6, 6.07) is 22.1. The van der Waals surface area contributed by atoms with E-state index in [0.29, 0.717) is 22.2 Å². The van der Waals surface area contributed by atoms with Crippen LogP contribution in [-0.4, -0.2) is 38.7 Å². The van der Waals surface area contributed by atoms with Crippen molar-refractivity contribution in [3.63, 3.8) is 0 Å². The molecule has 0 saturated carbocycles. The molecule has 0 spiro atoms. The number of H-pyrrole nitrogens is 1. The van der Waals surface area contributed by atoms with Gasteiger partial charge >= 0.3 is 0 Å². The first-order chi connectivity index (χ1) is 17.0. The fraction of sp³-hybridized carbons (Fsp3) is 0.250. The van der Waals surface area contributed by atoms with Crippen molar-refractivity contribution >= 4 is 28.0 Å². The maximum absolute atomic E-state index is 11.4. The Labute approximate surface area is 204 Å². The van der Waals surface area contributed by atoms with Crippen molar-refractivity contribution in [1.29, 1.82) is 0 Å². The van der Waals surface area contributed by atoms with E-state index in [1.807, 2.05) is 42.5 Å². The summed E-state index contributed by atoms with van der Waals surface area (Å²) in [6.07, 6.45) is 2.24. The van der Waals surface area contributed by atoms with Crippen molar-refractivity contribution in [2.24, 2.45) is 4.99 Å². The summed E-state index contributed by atoms with van der Waals surface area (Å²) in [7, 11) is 0. The van der Waals surface area contributed by atoms with Gasteiger partial charge in [0.2, 0.25) is 0 Å². The number of rotatable bonds is 10. The highest BCUT2D eigenvalue weighted by atomic mass is 16.6. The standard InChI is InChI=1S/C28H30N4O3/c1-3-16-31(17-4-2)19-20-10-12-22(13-11-20)29-27(21-8-6-5-7-9-21)26-24-18-23(32(34)35)14-15-25(24)30-28(26)33/h5-15,18,30,33H,3-4,16-17,19H2,1-2H3. The second-order valence-electron chi connectivity index (χ2n) is 8.60. The third-order valence-electron chi connectivity index (χ3n) is 5.92. The molecule has 4 rings (SSSR count). The maximum Gasteiger partial charge on any atom is 0.270 e. The van der Waals surface area contributed by atoms with Gasteiger partial charge in [0.1, 0.15) is 0 Å². The lowest BCUT2D eigenvalue weighted by Crippen LogP contribution is -2.24. The fourth-order valence-electron chi connectivity index (χ4n) is 4.35. The van der Waals surface area contributed by atoms with Crippen LogP contribution in [0.3, 0.4) is 0 Å². The van der Waals surface area contributed by atoms with Crippen molar-refractivity contribution in [2.75, 3.05) is 13.1 Å². The Morgan fingerprint density at radius 1 is 1.00 bits per heavy atom. The van der Waals surface area contributed by atoms with Crippen LogP contribution < -0.4 is 0 Å². The Bertz CT molecular complexity index is 1320. The number of benzene rings is 3. The van der Waals surface area contributed by atoms with Crippen molar-refractivity contribution in [2.45, 2.75) is 33.2 Å². The summed E-state index contributed by atoms with van der Waals surface area (Å²) < 4.78 is 0. The van der Waals surface area contributed by atoms with Crippen molar-refractivity contribution in [3.8, 4) is 5.88 Å². The van der Waals surface area contributed by atoms with Crippen LogP contribution in [0.5, 0.6) is 5.88 Å². The lowest BCUT2D eigenvalue weighted by Gasteiger charge is -2.21. The van der Waals surface area contributed by atoms with Gasteiger partial charge in [-0.05, 0) is 49.7 Å². The van der Waals surface area contributed by atoms with Crippen LogP contribution in [0.15, 0.2) is 77.8 Å². The molecular weight excluding hydrogens is 440 g/mol. The Hall–Kier alpha value is -3.97. The number of nitrogens with one attached hydrogen (secondary N) is 1. The molecule has 3 aromatic carbocycles. The molecule has 2 N–H and O–H groups in total. The average Bonchev–Trinajstić information content (AvgIpc) is 3.19. The Morgan fingerprint density at radius 2 is 1.69 bits per heavy atom. The lowest BCUT2D eigenvalue weighted by atomic mass is 10.0. The largest absolute Gasteiger partial charge is 0.494 e. The Balaban J connectivity index is 1.76. The molecule has 0 saturated heterocycles. The monoisotopic (exact) mass is 470 g/mol. The molecule has 180 valence electrons. The van der Waals surface area contributed by atoms with Crippen LogP contribution in [0.25, 0.3) is 10.9 Å².